The summed E-state index contributed by atoms with van der Waals surface area (Å²) in [6, 6.07) is 4.59. The minimum absolute atomic E-state index is 0.0110. The van der Waals surface area contributed by atoms with Crippen LogP contribution < -0.4 is 11.1 Å². The summed E-state index contributed by atoms with van der Waals surface area (Å²) in [6.45, 7) is 0.0110. The third-order valence-electron chi connectivity index (χ3n) is 3.82. The number of nitrogens with two attached hydrogens (primary N) is 1. The highest BCUT2D eigenvalue weighted by Crippen LogP contribution is 2.37. The highest BCUT2D eigenvalue weighted by atomic mass is 32.2. The molecule has 0 unspecified atom stereocenters. The molecular formula is C13H21N3O3S. The maximum atomic E-state index is 12.1. The van der Waals surface area contributed by atoms with E-state index in [1.54, 1.807) is 6.07 Å². The van der Waals surface area contributed by atoms with Crippen molar-refractivity contribution in [2.75, 3.05) is 31.8 Å². The van der Waals surface area contributed by atoms with Gasteiger partial charge in [-0.05, 0) is 37.5 Å². The number of aliphatic hydroxyl groups is 1. The van der Waals surface area contributed by atoms with E-state index < -0.39 is 10.0 Å². The lowest BCUT2D eigenvalue weighted by Gasteiger charge is -2.42. The fraction of sp³-hybridized carbons (Fsp3) is 0.538. The van der Waals surface area contributed by atoms with E-state index in [0.29, 0.717) is 11.4 Å². The molecule has 0 heterocycles. The van der Waals surface area contributed by atoms with Crippen molar-refractivity contribution in [2.24, 2.45) is 0 Å². The van der Waals surface area contributed by atoms with Crippen molar-refractivity contribution in [2.45, 2.75) is 29.7 Å². The van der Waals surface area contributed by atoms with Gasteiger partial charge in [0, 0.05) is 14.1 Å². The smallest absolute Gasteiger partial charge is 0.242 e. The van der Waals surface area contributed by atoms with Crippen molar-refractivity contribution in [3.05, 3.63) is 18.2 Å². The summed E-state index contributed by atoms with van der Waals surface area (Å²) in [5.41, 5.74) is 6.56. The Morgan fingerprint density at radius 2 is 2.05 bits per heavy atom. The van der Waals surface area contributed by atoms with Crippen LogP contribution in [0.5, 0.6) is 0 Å². The molecule has 0 saturated heterocycles. The predicted octanol–water partition coefficient (Wildman–Crippen LogP) is 0.846. The Hall–Kier alpha value is -1.31. The summed E-state index contributed by atoms with van der Waals surface area (Å²) < 4.78 is 25.4. The van der Waals surface area contributed by atoms with Crippen LogP contribution in [0.1, 0.15) is 19.3 Å². The normalized spacial score (nSPS) is 17.8. The standard InChI is InChI=1S/C13H21N3O3S/c1-16(2)20(18,19)10-4-5-11(14)12(8-10)15-13(9-17)6-3-7-13/h4-5,8,15,17H,3,6-7,9,14H2,1-2H3. The quantitative estimate of drug-likeness (QED) is 0.700. The molecule has 7 heteroatoms. The molecule has 6 nitrogen and oxygen atoms in total. The molecule has 1 aromatic carbocycles. The zero-order valence-corrected chi connectivity index (χ0v) is 12.6. The van der Waals surface area contributed by atoms with Crippen LogP contribution in [0.4, 0.5) is 11.4 Å². The third kappa shape index (κ3) is 2.61. The lowest BCUT2D eigenvalue weighted by atomic mass is 9.77. The molecule has 1 saturated carbocycles. The Bertz CT molecular complexity index is 589. The number of anilines is 2. The molecular weight excluding hydrogens is 278 g/mol. The van der Waals surface area contributed by atoms with E-state index in [9.17, 15) is 13.5 Å². The lowest BCUT2D eigenvalue weighted by molar-refractivity contribution is 0.144. The molecule has 0 aromatic heterocycles. The maximum Gasteiger partial charge on any atom is 0.242 e. The van der Waals surface area contributed by atoms with E-state index in [1.165, 1.54) is 26.2 Å². The molecule has 20 heavy (non-hydrogen) atoms. The van der Waals surface area contributed by atoms with E-state index >= 15 is 0 Å². The second kappa shape index (κ2) is 5.23. The molecule has 4 N–H and O–H groups in total. The lowest BCUT2D eigenvalue weighted by Crippen LogP contribution is -2.48. The van der Waals surface area contributed by atoms with Crippen LogP contribution in [0, 0.1) is 0 Å². The minimum Gasteiger partial charge on any atom is -0.397 e. The number of hydrogen-bond donors (Lipinski definition) is 3. The van der Waals surface area contributed by atoms with Crippen LogP contribution in [-0.4, -0.2) is 44.1 Å². The van der Waals surface area contributed by atoms with Gasteiger partial charge in [0.25, 0.3) is 0 Å². The van der Waals surface area contributed by atoms with Gasteiger partial charge in [0.05, 0.1) is 28.4 Å². The molecule has 0 aliphatic heterocycles. The maximum absolute atomic E-state index is 12.1. The Morgan fingerprint density at radius 1 is 1.40 bits per heavy atom. The Kier molecular flexibility index (Phi) is 3.95. The monoisotopic (exact) mass is 299 g/mol. The summed E-state index contributed by atoms with van der Waals surface area (Å²) in [7, 11) is -0.520. The van der Waals surface area contributed by atoms with Crippen LogP contribution in [0.2, 0.25) is 0 Å². The molecule has 1 aliphatic carbocycles. The zero-order chi connectivity index (χ0) is 15.0. The first-order chi connectivity index (χ1) is 9.31. The van der Waals surface area contributed by atoms with E-state index in [0.717, 1.165) is 23.6 Å². The van der Waals surface area contributed by atoms with Crippen LogP contribution in [0.25, 0.3) is 0 Å². The molecule has 0 atom stereocenters. The van der Waals surface area contributed by atoms with Gasteiger partial charge >= 0.3 is 0 Å². The van der Waals surface area contributed by atoms with Gasteiger partial charge in [-0.2, -0.15) is 0 Å². The fourth-order valence-electron chi connectivity index (χ4n) is 2.23. The molecule has 0 radical (unpaired) electrons. The summed E-state index contributed by atoms with van der Waals surface area (Å²) >= 11 is 0. The van der Waals surface area contributed by atoms with Gasteiger partial charge in [-0.3, -0.25) is 0 Å². The minimum atomic E-state index is -3.49. The third-order valence-corrected chi connectivity index (χ3v) is 5.63. The van der Waals surface area contributed by atoms with Crippen molar-refractivity contribution >= 4 is 21.4 Å². The zero-order valence-electron chi connectivity index (χ0n) is 11.8. The Labute approximate surface area is 119 Å². The number of nitrogen functional groups attached to an aromatic ring is 1. The number of aliphatic hydroxyl groups excluding tert-OH is 1. The van der Waals surface area contributed by atoms with Gasteiger partial charge in [-0.1, -0.05) is 0 Å². The average Bonchev–Trinajstić information content (AvgIpc) is 2.35. The summed E-state index contributed by atoms with van der Waals surface area (Å²) in [5.74, 6) is 0. The molecule has 0 amide bonds. The molecule has 0 bridgehead atoms. The van der Waals surface area contributed by atoms with Gasteiger partial charge in [-0.25, -0.2) is 12.7 Å². The topological polar surface area (TPSA) is 95.7 Å². The Morgan fingerprint density at radius 3 is 2.50 bits per heavy atom. The van der Waals surface area contributed by atoms with Crippen molar-refractivity contribution in [1.29, 1.82) is 0 Å². The molecule has 1 aromatic rings. The molecule has 112 valence electrons. The average molecular weight is 299 g/mol. The van der Waals surface area contributed by atoms with Crippen LogP contribution in [0.15, 0.2) is 23.1 Å². The SMILES string of the molecule is CN(C)S(=O)(=O)c1ccc(N)c(NC2(CO)CCC2)c1. The summed E-state index contributed by atoms with van der Waals surface area (Å²) in [5, 5.41) is 12.7. The van der Waals surface area contributed by atoms with E-state index in [4.69, 9.17) is 5.73 Å². The number of sulfonamides is 1. The van der Waals surface area contributed by atoms with E-state index in [2.05, 4.69) is 5.32 Å². The molecule has 2 rings (SSSR count). The number of nitrogens with one attached hydrogen (secondary N) is 1. The number of hydrogen-bond acceptors (Lipinski definition) is 5. The number of rotatable bonds is 5. The highest BCUT2D eigenvalue weighted by molar-refractivity contribution is 7.89. The first-order valence-electron chi connectivity index (χ1n) is 6.52. The van der Waals surface area contributed by atoms with Crippen LogP contribution in [-0.2, 0) is 10.0 Å². The van der Waals surface area contributed by atoms with Crippen molar-refractivity contribution in [1.82, 2.24) is 4.31 Å². The molecule has 1 aliphatic rings. The molecule has 0 spiro atoms. The highest BCUT2D eigenvalue weighted by Gasteiger charge is 2.36. The van der Waals surface area contributed by atoms with Crippen molar-refractivity contribution in [3.8, 4) is 0 Å². The summed E-state index contributed by atoms with van der Waals surface area (Å²) in [4.78, 5) is 0.187. The first kappa shape index (κ1) is 15.1. The fourth-order valence-corrected chi connectivity index (χ4v) is 3.16. The first-order valence-corrected chi connectivity index (χ1v) is 7.96. The van der Waals surface area contributed by atoms with Gasteiger partial charge < -0.3 is 16.2 Å². The van der Waals surface area contributed by atoms with Crippen molar-refractivity contribution < 1.29 is 13.5 Å². The van der Waals surface area contributed by atoms with E-state index in [-0.39, 0.29) is 17.0 Å². The van der Waals surface area contributed by atoms with Gasteiger partial charge in [0.15, 0.2) is 0 Å². The van der Waals surface area contributed by atoms with Crippen LogP contribution >= 0.6 is 0 Å². The van der Waals surface area contributed by atoms with E-state index in [1.807, 2.05) is 0 Å². The van der Waals surface area contributed by atoms with Crippen LogP contribution in [0.3, 0.4) is 0 Å². The Balaban J connectivity index is 2.35. The summed E-state index contributed by atoms with van der Waals surface area (Å²) in [6.07, 6.45) is 2.75. The van der Waals surface area contributed by atoms with Gasteiger partial charge in [0.2, 0.25) is 10.0 Å². The largest absolute Gasteiger partial charge is 0.397 e. The second-order valence-corrected chi connectivity index (χ2v) is 7.61. The predicted molar refractivity (Wildman–Crippen MR) is 79.0 cm³/mol. The molecule has 1 fully saturated rings. The number of nitrogens with zero attached hydrogens (tertiary/aromatic N) is 1. The van der Waals surface area contributed by atoms with Crippen molar-refractivity contribution in [3.63, 3.8) is 0 Å². The number of benzene rings is 1. The van der Waals surface area contributed by atoms with Gasteiger partial charge in [0.1, 0.15) is 0 Å². The van der Waals surface area contributed by atoms with Gasteiger partial charge in [-0.15, -0.1) is 0 Å². The second-order valence-electron chi connectivity index (χ2n) is 5.45.